The predicted molar refractivity (Wildman–Crippen MR) is 135 cm³/mol. The molecule has 3 aromatic rings. The molecule has 0 spiro atoms. The first-order chi connectivity index (χ1) is 15.3. The molecule has 3 rings (SSSR count). The van der Waals surface area contributed by atoms with Gasteiger partial charge in [-0.15, -0.1) is 0 Å². The number of ether oxygens (including phenoxy) is 1. The summed E-state index contributed by atoms with van der Waals surface area (Å²) < 4.78 is 26.3. The molecule has 0 saturated carbocycles. The van der Waals surface area contributed by atoms with Crippen LogP contribution in [-0.2, 0) is 9.09 Å². The van der Waals surface area contributed by atoms with Crippen LogP contribution in [0.1, 0.15) is 25.2 Å². The summed E-state index contributed by atoms with van der Waals surface area (Å²) in [6, 6.07) is 25.3. The van der Waals surface area contributed by atoms with Crippen molar-refractivity contribution in [3.8, 4) is 5.75 Å². The topological polar surface area (TPSA) is 50.8 Å². The van der Waals surface area contributed by atoms with Crippen LogP contribution in [0.15, 0.2) is 78.9 Å². The molecule has 0 aromatic heterocycles. The van der Waals surface area contributed by atoms with Crippen LogP contribution in [0.25, 0.3) is 0 Å². The maximum absolute atomic E-state index is 14.7. The minimum Gasteiger partial charge on any atom is -0.497 e. The molecule has 0 unspecified atom stereocenters. The Bertz CT molecular complexity index is 1020. The largest absolute Gasteiger partial charge is 0.497 e. The molecule has 1 N–H and O–H groups in total. The molecule has 3 aromatic carbocycles. The second-order valence-corrected chi connectivity index (χ2v) is 10.9. The molecule has 32 heavy (non-hydrogen) atoms. The fourth-order valence-electron chi connectivity index (χ4n) is 3.36. The van der Waals surface area contributed by atoms with Gasteiger partial charge in [0, 0.05) is 30.8 Å². The van der Waals surface area contributed by atoms with Gasteiger partial charge in [-0.2, -0.15) is 0 Å². The van der Waals surface area contributed by atoms with Crippen molar-refractivity contribution < 1.29 is 13.8 Å². The maximum Gasteiger partial charge on any atom is 0.258 e. The summed E-state index contributed by atoms with van der Waals surface area (Å²) in [6.45, 7) is 4.52. The Kier molecular flexibility index (Phi) is 8.00. The van der Waals surface area contributed by atoms with Gasteiger partial charge in [0.05, 0.1) is 13.7 Å². The standard InChI is InChI=1S/C26H33N2O3P/c1-20(2)19-31-32(29,25-17-13-23(14-18-25)28(3)4)26(27-22-9-7-6-8-10-22)21-11-15-24(30-5)16-12-21/h6-18,20,26-27H,19H2,1-5H3/t26-,32+/m1/s1. The Hall–Kier alpha value is -2.75. The molecule has 0 fully saturated rings. The molecular formula is C26H33N2O3P. The van der Waals surface area contributed by atoms with Gasteiger partial charge in [-0.25, -0.2) is 0 Å². The van der Waals surface area contributed by atoms with Crippen molar-refractivity contribution in [2.75, 3.05) is 38.0 Å². The Morgan fingerprint density at radius 3 is 2.06 bits per heavy atom. The van der Waals surface area contributed by atoms with Crippen LogP contribution >= 0.6 is 7.37 Å². The summed E-state index contributed by atoms with van der Waals surface area (Å²) in [6.07, 6.45) is 0. The van der Waals surface area contributed by atoms with E-state index in [4.69, 9.17) is 9.26 Å². The first-order valence-corrected chi connectivity index (χ1v) is 12.5. The van der Waals surface area contributed by atoms with E-state index < -0.39 is 13.2 Å². The van der Waals surface area contributed by atoms with Gasteiger partial charge in [0.2, 0.25) is 0 Å². The molecule has 0 bridgehead atoms. The Labute approximate surface area is 191 Å². The van der Waals surface area contributed by atoms with Crippen molar-refractivity contribution in [1.82, 2.24) is 0 Å². The molecule has 0 saturated heterocycles. The van der Waals surface area contributed by atoms with Gasteiger partial charge in [-0.05, 0) is 60.0 Å². The molecule has 0 aliphatic rings. The number of benzene rings is 3. The molecule has 0 heterocycles. The molecule has 0 aliphatic heterocycles. The van der Waals surface area contributed by atoms with Crippen LogP contribution in [0.4, 0.5) is 11.4 Å². The first kappa shape index (κ1) is 23.9. The fraction of sp³-hybridized carbons (Fsp3) is 0.308. The van der Waals surface area contributed by atoms with Crippen LogP contribution in [0, 0.1) is 5.92 Å². The van der Waals surface area contributed by atoms with E-state index in [0.717, 1.165) is 22.7 Å². The zero-order valence-electron chi connectivity index (χ0n) is 19.5. The number of para-hydroxylation sites is 1. The van der Waals surface area contributed by atoms with Gasteiger partial charge in [0.1, 0.15) is 11.5 Å². The zero-order valence-corrected chi connectivity index (χ0v) is 20.4. The van der Waals surface area contributed by atoms with Crippen LogP contribution in [0.2, 0.25) is 0 Å². The Balaban J connectivity index is 2.11. The molecule has 0 amide bonds. The SMILES string of the molecule is COc1ccc([C@H](Nc2ccccc2)[P@@](=O)(OCC(C)C)c2ccc(N(C)C)cc2)cc1. The van der Waals surface area contributed by atoms with Crippen molar-refractivity contribution >= 4 is 24.0 Å². The van der Waals surface area contributed by atoms with E-state index in [1.807, 2.05) is 97.9 Å². The summed E-state index contributed by atoms with van der Waals surface area (Å²) in [5, 5.41) is 4.18. The van der Waals surface area contributed by atoms with Crippen molar-refractivity contribution in [1.29, 1.82) is 0 Å². The second-order valence-electron chi connectivity index (χ2n) is 8.38. The number of hydrogen-bond acceptors (Lipinski definition) is 5. The number of nitrogens with zero attached hydrogens (tertiary/aromatic N) is 1. The summed E-state index contributed by atoms with van der Waals surface area (Å²) in [5.41, 5.74) is 2.80. The summed E-state index contributed by atoms with van der Waals surface area (Å²) >= 11 is 0. The molecule has 6 heteroatoms. The Morgan fingerprint density at radius 1 is 0.906 bits per heavy atom. The van der Waals surface area contributed by atoms with Crippen LogP contribution in [0.5, 0.6) is 5.75 Å². The number of nitrogens with one attached hydrogen (secondary N) is 1. The average Bonchev–Trinajstić information content (AvgIpc) is 2.82. The third-order valence-corrected chi connectivity index (χ3v) is 7.83. The van der Waals surface area contributed by atoms with Gasteiger partial charge in [0.25, 0.3) is 7.37 Å². The molecule has 0 aliphatic carbocycles. The minimum absolute atomic E-state index is 0.248. The van der Waals surface area contributed by atoms with Crippen molar-refractivity contribution in [3.63, 3.8) is 0 Å². The molecule has 0 radical (unpaired) electrons. The lowest BCUT2D eigenvalue weighted by Gasteiger charge is -2.31. The van der Waals surface area contributed by atoms with Gasteiger partial charge in [-0.1, -0.05) is 44.2 Å². The third kappa shape index (κ3) is 5.73. The summed E-state index contributed by atoms with van der Waals surface area (Å²) in [7, 11) is 2.24. The Morgan fingerprint density at radius 2 is 1.53 bits per heavy atom. The molecular weight excluding hydrogens is 419 g/mol. The van der Waals surface area contributed by atoms with E-state index in [9.17, 15) is 4.57 Å². The lowest BCUT2D eigenvalue weighted by molar-refractivity contribution is 0.272. The van der Waals surface area contributed by atoms with E-state index in [-0.39, 0.29) is 5.92 Å². The number of rotatable bonds is 10. The minimum atomic E-state index is -3.37. The zero-order chi connectivity index (χ0) is 23.1. The van der Waals surface area contributed by atoms with Crippen molar-refractivity contribution in [2.24, 2.45) is 5.92 Å². The van der Waals surface area contributed by atoms with Crippen LogP contribution in [-0.4, -0.2) is 27.8 Å². The van der Waals surface area contributed by atoms with E-state index in [0.29, 0.717) is 11.9 Å². The summed E-state index contributed by atoms with van der Waals surface area (Å²) in [5.74, 6) is 0.442. The third-order valence-electron chi connectivity index (χ3n) is 5.17. The normalized spacial score (nSPS) is 13.9. The number of methoxy groups -OCH3 is 1. The number of hydrogen-bond donors (Lipinski definition) is 1. The predicted octanol–water partition coefficient (Wildman–Crippen LogP) is 6.15. The fourth-order valence-corrected chi connectivity index (χ4v) is 5.92. The van der Waals surface area contributed by atoms with Gasteiger partial charge >= 0.3 is 0 Å². The highest BCUT2D eigenvalue weighted by Gasteiger charge is 2.38. The van der Waals surface area contributed by atoms with E-state index >= 15 is 0 Å². The van der Waals surface area contributed by atoms with Gasteiger partial charge in [0.15, 0.2) is 0 Å². The smallest absolute Gasteiger partial charge is 0.258 e. The highest BCUT2D eigenvalue weighted by Crippen LogP contribution is 2.59. The van der Waals surface area contributed by atoms with E-state index in [1.165, 1.54) is 0 Å². The summed E-state index contributed by atoms with van der Waals surface area (Å²) in [4.78, 5) is 2.02. The average molecular weight is 453 g/mol. The molecule has 5 nitrogen and oxygen atoms in total. The van der Waals surface area contributed by atoms with Gasteiger partial charge in [-0.3, -0.25) is 4.57 Å². The monoisotopic (exact) mass is 452 g/mol. The number of anilines is 2. The first-order valence-electron chi connectivity index (χ1n) is 10.8. The highest BCUT2D eigenvalue weighted by atomic mass is 31.2. The van der Waals surface area contributed by atoms with E-state index in [2.05, 4.69) is 19.2 Å². The quantitative estimate of drug-likeness (QED) is 0.374. The van der Waals surface area contributed by atoms with Crippen LogP contribution < -0.4 is 20.3 Å². The van der Waals surface area contributed by atoms with Crippen molar-refractivity contribution in [2.45, 2.75) is 19.6 Å². The lowest BCUT2D eigenvalue weighted by Crippen LogP contribution is -2.22. The molecule has 170 valence electrons. The van der Waals surface area contributed by atoms with Crippen LogP contribution in [0.3, 0.4) is 0 Å². The highest BCUT2D eigenvalue weighted by molar-refractivity contribution is 7.67. The molecule has 2 atom stereocenters. The second kappa shape index (κ2) is 10.7. The van der Waals surface area contributed by atoms with Crippen molar-refractivity contribution in [3.05, 3.63) is 84.4 Å². The lowest BCUT2D eigenvalue weighted by atomic mass is 10.2. The maximum atomic E-state index is 14.7. The van der Waals surface area contributed by atoms with E-state index in [1.54, 1.807) is 7.11 Å². The van der Waals surface area contributed by atoms with Gasteiger partial charge < -0.3 is 19.5 Å².